The van der Waals surface area contributed by atoms with Gasteiger partial charge >= 0.3 is 53.7 Å². The summed E-state index contributed by atoms with van der Waals surface area (Å²) in [6, 6.07) is -3.54. The minimum Gasteiger partial charge on any atom is -0.463 e. The molecule has 5 fully saturated rings. The van der Waals surface area contributed by atoms with Crippen LogP contribution in [0.4, 0.5) is 0 Å². The van der Waals surface area contributed by atoms with Crippen molar-refractivity contribution in [3.05, 3.63) is 0 Å². The van der Waals surface area contributed by atoms with Crippen molar-refractivity contribution in [1.82, 2.24) is 58.1 Å². The van der Waals surface area contributed by atoms with Crippen LogP contribution in [0.3, 0.4) is 0 Å². The standard InChI is InChI=1S/C99H161N11O40/c1-62(113)106-85-91(145-71(10)122)88(142-68(7)119)74(50-139-65(4)116)148-94(85)136-44-24-21-30-77(125)100-38-27-41-103-80(128)35-47-133-59-99(109-83(131)33-19-17-15-13-14-16-18-20-34-84(132)110-55-97(56-110)53-98(54-97,57-111)58-112,60-134-48-36-81(129)104-42-28-39-101-78(126)31-22-25-45-137-95-86(107-63(2)114)92(146-72(11)123)89(143-69(8)120)75(149-95)51-140-66(5)117)61-135-49-37-82(130)105-43-29-40-102-79(127)32-23-26-46-138-96-87(108-64(3)115)93(147-73(12)124)90(144-70(9)121)76(150-96)52-141-67(6)118/h74-76,85-96,111-112H,13-61H2,1-12H3,(H,100,125)(H,101,126)(H,102,127)(H,103,128)(H,104,129)(H,105,130)(H,106,113)(H,107,114)(H,108,115)(H,109,131). The zero-order chi connectivity index (χ0) is 111. The van der Waals surface area contributed by atoms with Crippen LogP contribution in [-0.2, 0) is 181 Å². The fourth-order valence-electron chi connectivity index (χ4n) is 17.9. The van der Waals surface area contributed by atoms with E-state index in [4.69, 9.17) is 85.3 Å². The van der Waals surface area contributed by atoms with Crippen molar-refractivity contribution in [2.45, 2.75) is 354 Å². The van der Waals surface area contributed by atoms with Gasteiger partial charge in [-0.25, -0.2) is 0 Å². The minimum absolute atomic E-state index is 0.00343. The first-order chi connectivity index (χ1) is 71.4. The summed E-state index contributed by atoms with van der Waals surface area (Å²) in [5.74, 6) is -10.8. The maximum absolute atomic E-state index is 14.2. The summed E-state index contributed by atoms with van der Waals surface area (Å²) in [6.07, 6.45) is -4.44. The van der Waals surface area contributed by atoms with E-state index in [0.29, 0.717) is 103 Å². The Morgan fingerprint density at radius 3 is 0.820 bits per heavy atom. The third kappa shape index (κ3) is 51.4. The molecule has 11 amide bonds. The highest BCUT2D eigenvalue weighted by Gasteiger charge is 2.61. The number of nitrogens with zero attached hydrogens (tertiary/aromatic N) is 1. The Labute approximate surface area is 874 Å². The van der Waals surface area contributed by atoms with E-state index in [1.54, 1.807) is 0 Å². The molecule has 0 aromatic heterocycles. The van der Waals surface area contributed by atoms with Gasteiger partial charge in [-0.3, -0.25) is 95.9 Å². The number of aliphatic hydroxyl groups is 2. The van der Waals surface area contributed by atoms with Gasteiger partial charge in [0.2, 0.25) is 65.0 Å². The molecule has 1 aliphatic carbocycles. The van der Waals surface area contributed by atoms with E-state index in [0.717, 1.165) is 101 Å². The number of esters is 9. The molecule has 51 nitrogen and oxygen atoms in total. The number of carbonyl (C=O) groups is 20. The van der Waals surface area contributed by atoms with Gasteiger partial charge in [-0.15, -0.1) is 0 Å². The van der Waals surface area contributed by atoms with Gasteiger partial charge in [-0.1, -0.05) is 38.5 Å². The summed E-state index contributed by atoms with van der Waals surface area (Å²) in [5, 5.41) is 47.3. The molecule has 1 saturated carbocycles. The number of carbonyl (C=O) groups excluding carboxylic acids is 20. The smallest absolute Gasteiger partial charge is 0.303 e. The lowest BCUT2D eigenvalue weighted by Gasteiger charge is -2.63. The minimum atomic E-state index is -1.49. The quantitative estimate of drug-likeness (QED) is 0.0216. The summed E-state index contributed by atoms with van der Waals surface area (Å²) < 4.78 is 103. The predicted molar refractivity (Wildman–Crippen MR) is 522 cm³/mol. The summed E-state index contributed by atoms with van der Waals surface area (Å²) in [4.78, 5) is 254. The van der Waals surface area contributed by atoms with E-state index < -0.39 is 218 Å². The first kappa shape index (κ1) is 129. The number of amides is 11. The normalized spacial score (nSPS) is 22.1. The number of ether oxygens (including phenoxy) is 18. The molecule has 51 heteroatoms. The molecule has 0 aromatic rings. The number of hydrogen-bond acceptors (Lipinski definition) is 40. The van der Waals surface area contributed by atoms with Crippen molar-refractivity contribution >= 4 is 119 Å². The Hall–Kier alpha value is -11.0. The van der Waals surface area contributed by atoms with Gasteiger partial charge in [0.05, 0.1) is 52.9 Å². The van der Waals surface area contributed by atoms with E-state index in [2.05, 4.69) is 53.2 Å². The zero-order valence-corrected chi connectivity index (χ0v) is 88.7. The van der Waals surface area contributed by atoms with Crippen molar-refractivity contribution in [3.63, 3.8) is 0 Å². The van der Waals surface area contributed by atoms with Crippen LogP contribution >= 0.6 is 0 Å². The molecule has 5 aliphatic rings. The van der Waals surface area contributed by atoms with Crippen LogP contribution < -0.4 is 53.2 Å². The molecule has 0 radical (unpaired) electrons. The number of rotatable bonds is 74. The predicted octanol–water partition coefficient (Wildman–Crippen LogP) is -0.0476. The van der Waals surface area contributed by atoms with Gasteiger partial charge in [-0.05, 0) is 83.5 Å². The van der Waals surface area contributed by atoms with E-state index >= 15 is 0 Å². The highest BCUT2D eigenvalue weighted by molar-refractivity contribution is 5.81. The second kappa shape index (κ2) is 70.2. The number of likely N-dealkylation sites (tertiary alicyclic amines) is 1. The molecule has 4 heterocycles. The molecule has 1 spiro atoms. The fraction of sp³-hybridized carbons (Fsp3) is 0.798. The van der Waals surface area contributed by atoms with Crippen LogP contribution in [0.5, 0.6) is 0 Å². The number of unbranched alkanes of at least 4 members (excludes halogenated alkanes) is 10. The maximum atomic E-state index is 14.2. The lowest BCUT2D eigenvalue weighted by Crippen LogP contribution is -2.68. The largest absolute Gasteiger partial charge is 0.463 e. The van der Waals surface area contributed by atoms with Crippen LogP contribution in [-0.4, -0.2) is 376 Å². The van der Waals surface area contributed by atoms with E-state index in [-0.39, 0.29) is 186 Å². The highest BCUT2D eigenvalue weighted by Crippen LogP contribution is 2.58. The summed E-state index contributed by atoms with van der Waals surface area (Å²) in [6.45, 7) is 13.2. The Kier molecular flexibility index (Phi) is 60.6. The molecule has 0 bridgehead atoms. The van der Waals surface area contributed by atoms with Gasteiger partial charge in [0.1, 0.15) is 61.8 Å². The Balaban J connectivity index is 1.18. The van der Waals surface area contributed by atoms with Crippen molar-refractivity contribution < 1.29 is 191 Å². The van der Waals surface area contributed by atoms with Crippen LogP contribution in [0.15, 0.2) is 0 Å². The lowest BCUT2D eigenvalue weighted by molar-refractivity contribution is -0.277. The van der Waals surface area contributed by atoms with Gasteiger partial charge < -0.3 is 154 Å². The fourth-order valence-corrected chi connectivity index (χ4v) is 17.9. The molecule has 150 heavy (non-hydrogen) atoms. The summed E-state index contributed by atoms with van der Waals surface area (Å²) in [5.41, 5.74) is -1.95. The molecular weight excluding hydrogens is 1980 g/mol. The van der Waals surface area contributed by atoms with Crippen LogP contribution in [0.1, 0.15) is 256 Å². The zero-order valence-electron chi connectivity index (χ0n) is 88.7. The van der Waals surface area contributed by atoms with Crippen LogP contribution in [0, 0.1) is 10.8 Å². The summed E-state index contributed by atoms with van der Waals surface area (Å²) >= 11 is 0. The monoisotopic (exact) mass is 2140 g/mol. The summed E-state index contributed by atoms with van der Waals surface area (Å²) in [7, 11) is 0. The third-order valence-corrected chi connectivity index (χ3v) is 24.5. The molecule has 4 saturated heterocycles. The molecule has 4 aliphatic heterocycles. The Morgan fingerprint density at radius 1 is 0.300 bits per heavy atom. The molecule has 0 aromatic carbocycles. The second-order valence-corrected chi connectivity index (χ2v) is 38.3. The molecule has 5 rings (SSSR count). The van der Waals surface area contributed by atoms with Crippen LogP contribution in [0.2, 0.25) is 0 Å². The molecular formula is C99H161N11O40. The number of hydrogen-bond donors (Lipinski definition) is 12. The van der Waals surface area contributed by atoms with E-state index in [1.807, 2.05) is 4.90 Å². The van der Waals surface area contributed by atoms with Gasteiger partial charge in [-0.2, -0.15) is 0 Å². The van der Waals surface area contributed by atoms with Gasteiger partial charge in [0, 0.05) is 217 Å². The molecule has 15 unspecified atom stereocenters. The van der Waals surface area contributed by atoms with E-state index in [1.165, 1.54) is 20.8 Å². The first-order valence-electron chi connectivity index (χ1n) is 51.6. The number of aliphatic hydroxyl groups excluding tert-OH is 2. The van der Waals surface area contributed by atoms with Crippen molar-refractivity contribution in [2.24, 2.45) is 10.8 Å². The van der Waals surface area contributed by atoms with Crippen molar-refractivity contribution in [3.8, 4) is 0 Å². The van der Waals surface area contributed by atoms with Crippen LogP contribution in [0.25, 0.3) is 0 Å². The second-order valence-electron chi connectivity index (χ2n) is 38.3. The Morgan fingerprint density at radius 2 is 0.553 bits per heavy atom. The maximum Gasteiger partial charge on any atom is 0.303 e. The SMILES string of the molecule is CC(=O)NC1C(OCCCCC(=O)NCCCNC(=O)CCOCC(COCCC(=O)NCCCNC(=O)CCCCOC2OC(COC(C)=O)C(OC(C)=O)C(OC(C)=O)C2NC(C)=O)(COCCC(=O)NCCCNC(=O)CCCCOC2OC(COC(C)=O)C(OC(C)=O)C(OC(C)=O)C2NC(C)=O)NC(=O)CCCCCCCCCCC(=O)N2CC3(C2)CC(CO)(CO)C3)OC(COC(C)=O)C(OC(C)=O)C1OC(C)=O. The third-order valence-electron chi connectivity index (χ3n) is 24.5. The first-order valence-corrected chi connectivity index (χ1v) is 51.6. The van der Waals surface area contributed by atoms with Gasteiger partial charge in [0.25, 0.3) is 0 Å². The molecule has 852 valence electrons. The average Bonchev–Trinajstić information content (AvgIpc) is 0.713. The number of nitrogens with one attached hydrogen (secondary N) is 10. The molecule has 12 N–H and O–H groups in total. The van der Waals surface area contributed by atoms with Gasteiger partial charge in [0.15, 0.2) is 55.5 Å². The van der Waals surface area contributed by atoms with E-state index in [9.17, 15) is 106 Å². The van der Waals surface area contributed by atoms with Crippen molar-refractivity contribution in [1.29, 1.82) is 0 Å². The molecule has 15 atom stereocenters. The topological polar surface area (TPSA) is 672 Å². The van der Waals surface area contributed by atoms with Crippen molar-refractivity contribution in [2.75, 3.05) is 145 Å². The highest BCUT2D eigenvalue weighted by atomic mass is 16.7. The Bertz CT molecular complexity index is 3950. The average molecular weight is 2150 g/mol. The lowest BCUT2D eigenvalue weighted by atomic mass is 9.50.